The van der Waals surface area contributed by atoms with Crippen molar-refractivity contribution >= 4 is 17.1 Å². The van der Waals surface area contributed by atoms with E-state index in [9.17, 15) is 4.79 Å². The number of aromatic nitrogens is 1. The maximum atomic E-state index is 12.1. The van der Waals surface area contributed by atoms with Gasteiger partial charge in [-0.05, 0) is 19.9 Å². The second kappa shape index (κ2) is 5.31. The van der Waals surface area contributed by atoms with Crippen LogP contribution in [0, 0.1) is 13.8 Å². The van der Waals surface area contributed by atoms with Gasteiger partial charge in [0.1, 0.15) is 5.75 Å². The van der Waals surface area contributed by atoms with E-state index in [0.717, 1.165) is 21.9 Å². The Morgan fingerprint density at radius 3 is 2.78 bits per heavy atom. The first kappa shape index (κ1) is 12.8. The number of thiazole rings is 1. The van der Waals surface area contributed by atoms with Crippen molar-refractivity contribution in [3.05, 3.63) is 45.4 Å². The number of nitrogens with zero attached hydrogens (tertiary/aromatic N) is 1. The summed E-state index contributed by atoms with van der Waals surface area (Å²) in [6.45, 7) is 3.90. The molecule has 0 bridgehead atoms. The lowest BCUT2D eigenvalue weighted by Crippen LogP contribution is -2.03. The van der Waals surface area contributed by atoms with Crippen LogP contribution in [0.2, 0.25) is 0 Å². The average Bonchev–Trinajstić information content (AvgIpc) is 2.76. The van der Waals surface area contributed by atoms with E-state index in [-0.39, 0.29) is 5.78 Å². The number of ketones is 1. The normalized spacial score (nSPS) is 10.4. The monoisotopic (exact) mass is 261 g/mol. The standard InChI is InChI=1S/C14H15NO2S/c1-9-4-5-13(17-3)11(6-9)7-12(16)14-8-15-10(2)18-14/h4-6,8H,7H2,1-3H3. The fraction of sp³-hybridized carbons (Fsp3) is 0.286. The first-order valence-electron chi connectivity index (χ1n) is 5.69. The molecule has 0 radical (unpaired) electrons. The van der Waals surface area contributed by atoms with Crippen LogP contribution >= 0.6 is 11.3 Å². The molecule has 0 spiro atoms. The highest BCUT2D eigenvalue weighted by Gasteiger charge is 2.13. The lowest BCUT2D eigenvalue weighted by Gasteiger charge is -2.08. The Morgan fingerprint density at radius 1 is 1.39 bits per heavy atom. The molecule has 4 heteroatoms. The van der Waals surface area contributed by atoms with Crippen molar-refractivity contribution in [2.75, 3.05) is 7.11 Å². The van der Waals surface area contributed by atoms with Gasteiger partial charge in [0.25, 0.3) is 0 Å². The van der Waals surface area contributed by atoms with E-state index in [1.807, 2.05) is 32.0 Å². The lowest BCUT2D eigenvalue weighted by atomic mass is 10.0. The second-order valence-corrected chi connectivity index (χ2v) is 5.39. The molecule has 0 atom stereocenters. The highest BCUT2D eigenvalue weighted by molar-refractivity contribution is 7.13. The molecule has 0 saturated heterocycles. The van der Waals surface area contributed by atoms with Crippen molar-refractivity contribution in [1.82, 2.24) is 4.98 Å². The zero-order valence-electron chi connectivity index (χ0n) is 10.7. The molecule has 0 aliphatic carbocycles. The van der Waals surface area contributed by atoms with Crippen LogP contribution in [0.1, 0.15) is 25.8 Å². The highest BCUT2D eigenvalue weighted by Crippen LogP contribution is 2.22. The van der Waals surface area contributed by atoms with E-state index >= 15 is 0 Å². The van der Waals surface area contributed by atoms with Crippen LogP contribution in [0.3, 0.4) is 0 Å². The van der Waals surface area contributed by atoms with E-state index in [0.29, 0.717) is 11.3 Å². The van der Waals surface area contributed by atoms with E-state index in [1.54, 1.807) is 13.3 Å². The Bertz CT molecular complexity index is 575. The third kappa shape index (κ3) is 2.76. The molecule has 0 amide bonds. The van der Waals surface area contributed by atoms with Gasteiger partial charge in [0.15, 0.2) is 5.78 Å². The van der Waals surface area contributed by atoms with Gasteiger partial charge >= 0.3 is 0 Å². The SMILES string of the molecule is COc1ccc(C)cc1CC(=O)c1cnc(C)s1. The molecule has 2 rings (SSSR count). The number of benzene rings is 1. The molecule has 0 fully saturated rings. The van der Waals surface area contributed by atoms with Gasteiger partial charge in [-0.15, -0.1) is 11.3 Å². The van der Waals surface area contributed by atoms with Gasteiger partial charge in [0.05, 0.1) is 17.0 Å². The molecule has 0 aliphatic heterocycles. The predicted molar refractivity (Wildman–Crippen MR) is 72.6 cm³/mol. The van der Waals surface area contributed by atoms with Gasteiger partial charge in [-0.1, -0.05) is 17.7 Å². The van der Waals surface area contributed by atoms with Gasteiger partial charge < -0.3 is 4.74 Å². The minimum Gasteiger partial charge on any atom is -0.496 e. The van der Waals surface area contributed by atoms with Crippen molar-refractivity contribution in [1.29, 1.82) is 0 Å². The molecular weight excluding hydrogens is 246 g/mol. The van der Waals surface area contributed by atoms with Gasteiger partial charge in [0.2, 0.25) is 0 Å². The molecule has 18 heavy (non-hydrogen) atoms. The quantitative estimate of drug-likeness (QED) is 0.793. The van der Waals surface area contributed by atoms with Crippen molar-refractivity contribution in [2.24, 2.45) is 0 Å². The number of ether oxygens (including phenoxy) is 1. The van der Waals surface area contributed by atoms with Gasteiger partial charge in [-0.2, -0.15) is 0 Å². The number of carbonyl (C=O) groups excluding carboxylic acids is 1. The molecule has 94 valence electrons. The molecule has 1 aromatic carbocycles. The molecular formula is C14H15NO2S. The topological polar surface area (TPSA) is 39.2 Å². The first-order chi connectivity index (χ1) is 8.60. The van der Waals surface area contributed by atoms with E-state index < -0.39 is 0 Å². The van der Waals surface area contributed by atoms with Gasteiger partial charge in [-0.3, -0.25) is 4.79 Å². The Morgan fingerprint density at radius 2 is 2.17 bits per heavy atom. The fourth-order valence-corrected chi connectivity index (χ4v) is 2.51. The van der Waals surface area contributed by atoms with Gasteiger partial charge in [-0.25, -0.2) is 4.98 Å². The summed E-state index contributed by atoms with van der Waals surface area (Å²) < 4.78 is 5.28. The summed E-state index contributed by atoms with van der Waals surface area (Å²) in [6.07, 6.45) is 2.00. The largest absolute Gasteiger partial charge is 0.496 e. The Balaban J connectivity index is 2.23. The summed E-state index contributed by atoms with van der Waals surface area (Å²) >= 11 is 1.43. The number of aryl methyl sites for hydroxylation is 2. The summed E-state index contributed by atoms with van der Waals surface area (Å²) in [5, 5.41) is 0.912. The zero-order valence-corrected chi connectivity index (χ0v) is 11.5. The van der Waals surface area contributed by atoms with Crippen LogP contribution in [0.4, 0.5) is 0 Å². The van der Waals surface area contributed by atoms with Crippen LogP contribution in [-0.2, 0) is 6.42 Å². The van der Waals surface area contributed by atoms with Crippen molar-refractivity contribution in [2.45, 2.75) is 20.3 Å². The Labute approximate surface area is 110 Å². The molecule has 1 heterocycles. The molecule has 0 unspecified atom stereocenters. The summed E-state index contributed by atoms with van der Waals surface area (Å²) in [5.41, 5.74) is 2.05. The van der Waals surface area contributed by atoms with Crippen LogP contribution in [0.25, 0.3) is 0 Å². The van der Waals surface area contributed by atoms with E-state index in [1.165, 1.54) is 11.3 Å². The minimum absolute atomic E-state index is 0.0875. The smallest absolute Gasteiger partial charge is 0.178 e. The number of hydrogen-bond acceptors (Lipinski definition) is 4. The maximum absolute atomic E-state index is 12.1. The third-order valence-electron chi connectivity index (χ3n) is 2.68. The average molecular weight is 261 g/mol. The third-order valence-corrected chi connectivity index (χ3v) is 3.64. The Kier molecular flexibility index (Phi) is 3.77. The van der Waals surface area contributed by atoms with Crippen molar-refractivity contribution in [3.63, 3.8) is 0 Å². The number of rotatable bonds is 4. The minimum atomic E-state index is 0.0875. The summed E-state index contributed by atoms with van der Waals surface area (Å²) in [5.74, 6) is 0.847. The summed E-state index contributed by atoms with van der Waals surface area (Å²) in [7, 11) is 1.62. The van der Waals surface area contributed by atoms with Crippen LogP contribution in [0.15, 0.2) is 24.4 Å². The zero-order chi connectivity index (χ0) is 13.1. The predicted octanol–water partition coefficient (Wildman–Crippen LogP) is 3.19. The molecule has 3 nitrogen and oxygen atoms in total. The summed E-state index contributed by atoms with van der Waals surface area (Å²) in [6, 6.07) is 5.87. The Hall–Kier alpha value is -1.68. The van der Waals surface area contributed by atoms with Crippen LogP contribution in [-0.4, -0.2) is 17.9 Å². The molecule has 1 aromatic heterocycles. The number of hydrogen-bond donors (Lipinski definition) is 0. The maximum Gasteiger partial charge on any atom is 0.178 e. The molecule has 0 aliphatic rings. The van der Waals surface area contributed by atoms with E-state index in [4.69, 9.17) is 4.74 Å². The van der Waals surface area contributed by atoms with Crippen LogP contribution < -0.4 is 4.74 Å². The number of methoxy groups -OCH3 is 1. The van der Waals surface area contributed by atoms with Crippen LogP contribution in [0.5, 0.6) is 5.75 Å². The summed E-state index contributed by atoms with van der Waals surface area (Å²) in [4.78, 5) is 16.9. The van der Waals surface area contributed by atoms with Crippen molar-refractivity contribution in [3.8, 4) is 5.75 Å². The number of carbonyl (C=O) groups is 1. The second-order valence-electron chi connectivity index (χ2n) is 4.16. The number of Topliss-reactive ketones (excluding diaryl/α,β-unsaturated/α-hetero) is 1. The van der Waals surface area contributed by atoms with Crippen molar-refractivity contribution < 1.29 is 9.53 Å². The lowest BCUT2D eigenvalue weighted by molar-refractivity contribution is 0.0996. The highest BCUT2D eigenvalue weighted by atomic mass is 32.1. The molecule has 0 saturated carbocycles. The molecule has 0 N–H and O–H groups in total. The first-order valence-corrected chi connectivity index (χ1v) is 6.51. The fourth-order valence-electron chi connectivity index (χ4n) is 1.80. The van der Waals surface area contributed by atoms with E-state index in [2.05, 4.69) is 4.98 Å². The van der Waals surface area contributed by atoms with Gasteiger partial charge in [0, 0.05) is 18.2 Å². The molecule has 2 aromatic rings.